The third-order valence-electron chi connectivity index (χ3n) is 3.99. The van der Waals surface area contributed by atoms with Crippen molar-refractivity contribution in [1.29, 1.82) is 5.41 Å². The van der Waals surface area contributed by atoms with Crippen LogP contribution >= 0.6 is 23.5 Å². The molecule has 0 spiro atoms. The molecule has 3 heterocycles. The van der Waals surface area contributed by atoms with Gasteiger partial charge in [0.1, 0.15) is 18.3 Å². The number of nitrogens with zero attached hydrogens (tertiary/aromatic N) is 3. The summed E-state index contributed by atoms with van der Waals surface area (Å²) >= 11 is 0. The van der Waals surface area contributed by atoms with Gasteiger partial charge in [0.25, 0.3) is 5.91 Å². The average molecular weight is 530 g/mol. The maximum absolute atomic E-state index is 11.8. The number of guanidine groups is 1. The number of nitrogens with one attached hydrogen (secondary N) is 2. The van der Waals surface area contributed by atoms with Crippen LogP contribution in [0.4, 0.5) is 0 Å². The van der Waals surface area contributed by atoms with E-state index in [0.29, 0.717) is 0 Å². The first-order valence-electron chi connectivity index (χ1n) is 8.18. The van der Waals surface area contributed by atoms with Crippen LogP contribution in [0.1, 0.15) is 0 Å². The van der Waals surface area contributed by atoms with E-state index < -0.39 is 72.5 Å². The van der Waals surface area contributed by atoms with E-state index >= 15 is 0 Å². The fourth-order valence-corrected chi connectivity index (χ4v) is 5.83. The number of aliphatic hydroxyl groups is 2. The van der Waals surface area contributed by atoms with Gasteiger partial charge in [0.2, 0.25) is 5.96 Å². The molecule has 181 valence electrons. The van der Waals surface area contributed by atoms with E-state index in [4.69, 9.17) is 24.8 Å². The normalized spacial score (nSPS) is 33.0. The van der Waals surface area contributed by atoms with Gasteiger partial charge in [-0.15, -0.1) is 0 Å². The molecule has 0 aromatic carbocycles. The summed E-state index contributed by atoms with van der Waals surface area (Å²) in [6.45, 7) is -1.02. The van der Waals surface area contributed by atoms with Gasteiger partial charge in [-0.3, -0.25) is 29.9 Å². The first-order chi connectivity index (χ1) is 14.6. The molecule has 0 bridgehead atoms. The van der Waals surface area contributed by atoms with E-state index in [1.807, 2.05) is 0 Å². The van der Waals surface area contributed by atoms with Crippen LogP contribution in [0.5, 0.6) is 0 Å². The molecule has 33 heavy (non-hydrogen) atoms. The number of amides is 1. The van der Waals surface area contributed by atoms with Gasteiger partial charge in [-0.2, -0.15) is 13.6 Å². The third-order valence-corrected chi connectivity index (χ3v) is 7.80. The number of amidine groups is 1. The Morgan fingerprint density at radius 2 is 1.76 bits per heavy atom. The molecule has 3 rings (SSSR count). The molecule has 23 heteroatoms. The largest absolute Gasteiger partial charge is 0.490 e. The molecule has 0 aliphatic carbocycles. The van der Waals surface area contributed by atoms with Crippen LogP contribution in [0, 0.1) is 5.41 Å². The van der Waals surface area contributed by atoms with E-state index in [1.165, 1.54) is 0 Å². The van der Waals surface area contributed by atoms with Gasteiger partial charge in [0.05, 0.1) is 12.9 Å². The zero-order chi connectivity index (χ0) is 24.1. The van der Waals surface area contributed by atoms with Gasteiger partial charge in [-0.25, -0.2) is 13.7 Å². The summed E-state index contributed by atoms with van der Waals surface area (Å²) in [5, 5.41) is 30.0. The smallest absolute Gasteiger partial charge is 0.387 e. The van der Waals surface area contributed by atoms with Gasteiger partial charge >= 0.3 is 23.5 Å². The van der Waals surface area contributed by atoms with E-state index in [1.54, 1.807) is 0 Å². The molecule has 1 amide bonds. The molecule has 1 fully saturated rings. The van der Waals surface area contributed by atoms with Crippen LogP contribution in [0.3, 0.4) is 0 Å². The van der Waals surface area contributed by atoms with Gasteiger partial charge in [-0.1, -0.05) is 0 Å². The number of hydrogen-bond donors (Lipinski definition) is 8. The Kier molecular flexibility index (Phi) is 8.64. The van der Waals surface area contributed by atoms with Crippen LogP contribution in [-0.2, 0) is 36.4 Å². The summed E-state index contributed by atoms with van der Waals surface area (Å²) in [6, 6.07) is -1.13. The van der Waals surface area contributed by atoms with Gasteiger partial charge < -0.3 is 34.5 Å². The predicted octanol–water partition coefficient (Wildman–Crippen LogP) is -3.43. The zero-order valence-corrected chi connectivity index (χ0v) is 19.0. The second-order valence-corrected chi connectivity index (χ2v) is 10.7. The SMILES string of the molecule is N=C1N=C2C(N=CN2[C@@H]2O[C@H](COP(=O)(O)OP(=O)(O)OP(=O)(O)O)[C@@H](O)[C@H]2O)C(=O)N1.[Li]. The standard InChI is InChI=1S/C10H16N5O14P3.Li/c11-10-13-7-4(8(18)14-10)12-2-15(7)9-6(17)5(16)3(27-9)1-26-31(22,23)29-32(24,25)28-30(19,20)21;/h2-6,9,16-17H,1H2,(H,22,23)(H,24,25)(H2,11,14,18)(H2,19,20,21);/t3-,4?,5-,6-,9-;/m1./s1. The van der Waals surface area contributed by atoms with Crippen molar-refractivity contribution in [3.63, 3.8) is 0 Å². The Balaban J connectivity index is 0.00000385. The molecule has 0 saturated carbocycles. The number of phosphoric acid groups is 3. The van der Waals surface area contributed by atoms with E-state index in [9.17, 15) is 33.6 Å². The third kappa shape index (κ3) is 6.86. The minimum Gasteiger partial charge on any atom is -0.387 e. The number of ether oxygens (including phenoxy) is 1. The van der Waals surface area contributed by atoms with Crippen LogP contribution in [-0.4, -0.2) is 115 Å². The number of aliphatic hydroxyl groups excluding tert-OH is 2. The van der Waals surface area contributed by atoms with Crippen molar-refractivity contribution < 1.29 is 66.2 Å². The fraction of sp³-hybridized carbons (Fsp3) is 0.600. The summed E-state index contributed by atoms with van der Waals surface area (Å²) < 4.78 is 50.5. The second-order valence-electron chi connectivity index (χ2n) is 6.32. The zero-order valence-electron chi connectivity index (χ0n) is 16.3. The molecule has 1 radical (unpaired) electrons. The number of hydrogen-bond acceptors (Lipinski definition) is 13. The Morgan fingerprint density at radius 1 is 1.12 bits per heavy atom. The maximum Gasteiger partial charge on any atom is 0.490 e. The monoisotopic (exact) mass is 530 g/mol. The van der Waals surface area contributed by atoms with Crippen molar-refractivity contribution in [3.8, 4) is 0 Å². The number of fused-ring (bicyclic) bond motifs is 1. The van der Waals surface area contributed by atoms with Gasteiger partial charge in [0.15, 0.2) is 18.1 Å². The van der Waals surface area contributed by atoms with E-state index in [0.717, 1.165) is 11.2 Å². The van der Waals surface area contributed by atoms with Crippen molar-refractivity contribution in [3.05, 3.63) is 0 Å². The minimum absolute atomic E-state index is 0. The minimum atomic E-state index is -5.73. The van der Waals surface area contributed by atoms with Crippen molar-refractivity contribution in [2.24, 2.45) is 9.98 Å². The Hall–Kier alpha value is -0.833. The molecule has 7 atom stereocenters. The molecule has 0 aromatic rings. The van der Waals surface area contributed by atoms with Crippen molar-refractivity contribution in [2.75, 3.05) is 6.61 Å². The molecule has 19 nitrogen and oxygen atoms in total. The molecule has 3 unspecified atom stereocenters. The molecule has 1 saturated heterocycles. The van der Waals surface area contributed by atoms with E-state index in [2.05, 4.69) is 28.4 Å². The molecular weight excluding hydrogens is 514 g/mol. The van der Waals surface area contributed by atoms with Crippen molar-refractivity contribution in [1.82, 2.24) is 10.2 Å². The maximum atomic E-state index is 11.8. The van der Waals surface area contributed by atoms with Crippen molar-refractivity contribution in [2.45, 2.75) is 30.6 Å². The van der Waals surface area contributed by atoms with Crippen LogP contribution in [0.25, 0.3) is 0 Å². The topological polar surface area (TPSA) is 290 Å². The van der Waals surface area contributed by atoms with E-state index in [-0.39, 0.29) is 24.7 Å². The van der Waals surface area contributed by atoms with Crippen LogP contribution < -0.4 is 5.32 Å². The van der Waals surface area contributed by atoms with Gasteiger partial charge in [0, 0.05) is 18.9 Å². The second kappa shape index (κ2) is 10.0. The first kappa shape index (κ1) is 28.4. The Labute approximate surface area is 195 Å². The van der Waals surface area contributed by atoms with Gasteiger partial charge in [-0.05, 0) is 0 Å². The summed E-state index contributed by atoms with van der Waals surface area (Å²) in [5.41, 5.74) is 0. The molecule has 8 N–H and O–H groups in total. The quantitative estimate of drug-likeness (QED) is 0.112. The summed E-state index contributed by atoms with van der Waals surface area (Å²) in [7, 11) is -16.8. The number of carbonyl (C=O) groups excluding carboxylic acids is 1. The van der Waals surface area contributed by atoms with Crippen molar-refractivity contribution >= 4 is 66.4 Å². The predicted molar refractivity (Wildman–Crippen MR) is 104 cm³/mol. The molecule has 0 aromatic heterocycles. The van der Waals surface area contributed by atoms with Crippen LogP contribution in [0.2, 0.25) is 0 Å². The fourth-order valence-electron chi connectivity index (χ4n) is 2.80. The number of rotatable bonds is 8. The molecule has 3 aliphatic heterocycles. The Morgan fingerprint density at radius 3 is 2.36 bits per heavy atom. The summed E-state index contributed by atoms with van der Waals surface area (Å²) in [4.78, 5) is 56.1. The summed E-state index contributed by atoms with van der Waals surface area (Å²) in [6.07, 6.45) is -5.35. The molecule has 3 aliphatic rings. The number of carbonyl (C=O) groups is 1. The Bertz CT molecular complexity index is 1020. The first-order valence-corrected chi connectivity index (χ1v) is 12.7. The van der Waals surface area contributed by atoms with Crippen LogP contribution in [0.15, 0.2) is 9.98 Å². The average Bonchev–Trinajstić information content (AvgIpc) is 3.12. The molecular formula is C10H16LiN5O14P3. The summed E-state index contributed by atoms with van der Waals surface area (Å²) in [5.74, 6) is -1.27. The number of aliphatic imine (C=N–C) groups is 2. The number of phosphoric ester groups is 1.